The molecule has 2 heterocycles. The number of hydrogen-bond donors (Lipinski definition) is 2. The second-order valence-corrected chi connectivity index (χ2v) is 4.95. The molecule has 0 saturated carbocycles. The number of halogens is 1. The Hall–Kier alpha value is -1.07. The molecule has 5 nitrogen and oxygen atoms in total. The quantitative estimate of drug-likeness (QED) is 0.857. The second kappa shape index (κ2) is 7.50. The highest BCUT2D eigenvalue weighted by atomic mass is 35.5. The first-order valence-corrected chi connectivity index (χ1v) is 6.71. The average molecular weight is 287 g/mol. The molecule has 1 amide bonds. The zero-order chi connectivity index (χ0) is 13.0. The van der Waals surface area contributed by atoms with Crippen LogP contribution in [0.1, 0.15) is 31.2 Å². The minimum atomic E-state index is 0. The Morgan fingerprint density at radius 3 is 2.89 bits per heavy atom. The summed E-state index contributed by atoms with van der Waals surface area (Å²) >= 11 is 0. The van der Waals surface area contributed by atoms with Gasteiger partial charge in [0.2, 0.25) is 5.91 Å². The Morgan fingerprint density at radius 2 is 2.37 bits per heavy atom. The lowest BCUT2D eigenvalue weighted by Gasteiger charge is -2.28. The summed E-state index contributed by atoms with van der Waals surface area (Å²) in [5, 5.41) is 10.3. The topological polar surface area (TPSA) is 61.0 Å². The van der Waals surface area contributed by atoms with Crippen LogP contribution in [-0.2, 0) is 11.2 Å². The number of aryl methyl sites for hydroxylation is 1. The molecule has 2 rings (SSSR count). The predicted octanol–water partition coefficient (Wildman–Crippen LogP) is 1.28. The maximum atomic E-state index is 12.3. The fourth-order valence-electron chi connectivity index (χ4n) is 2.48. The Balaban J connectivity index is 0.00000180. The molecule has 1 aromatic rings. The third-order valence-corrected chi connectivity index (χ3v) is 3.35. The van der Waals surface area contributed by atoms with Crippen LogP contribution >= 0.6 is 12.4 Å². The molecule has 2 N–H and O–H groups in total. The molecule has 1 atom stereocenters. The van der Waals surface area contributed by atoms with E-state index in [2.05, 4.69) is 22.4 Å². The van der Waals surface area contributed by atoms with E-state index in [1.54, 1.807) is 0 Å². The summed E-state index contributed by atoms with van der Waals surface area (Å²) in [5.41, 5.74) is 1.84. The summed E-state index contributed by atoms with van der Waals surface area (Å²) in [6.45, 7) is 6.84. The number of carbonyl (C=O) groups is 1. The lowest BCUT2D eigenvalue weighted by molar-refractivity contribution is -0.132. The summed E-state index contributed by atoms with van der Waals surface area (Å²) in [5.74, 6) is 0.192. The van der Waals surface area contributed by atoms with Crippen LogP contribution < -0.4 is 5.32 Å². The molecule has 19 heavy (non-hydrogen) atoms. The molecule has 0 aromatic carbocycles. The van der Waals surface area contributed by atoms with Gasteiger partial charge in [-0.1, -0.05) is 6.92 Å². The van der Waals surface area contributed by atoms with Crippen LogP contribution in [0.2, 0.25) is 0 Å². The fourth-order valence-corrected chi connectivity index (χ4v) is 2.48. The van der Waals surface area contributed by atoms with Gasteiger partial charge < -0.3 is 10.2 Å². The summed E-state index contributed by atoms with van der Waals surface area (Å²) in [7, 11) is 0. The number of amides is 1. The van der Waals surface area contributed by atoms with Crippen LogP contribution in [0, 0.1) is 6.92 Å². The van der Waals surface area contributed by atoms with E-state index in [0.717, 1.165) is 43.9 Å². The van der Waals surface area contributed by atoms with Crippen molar-refractivity contribution >= 4 is 18.3 Å². The number of rotatable bonds is 5. The van der Waals surface area contributed by atoms with E-state index in [-0.39, 0.29) is 18.3 Å². The molecule has 108 valence electrons. The maximum absolute atomic E-state index is 12.3. The molecule has 0 spiro atoms. The minimum Gasteiger partial charge on any atom is -0.338 e. The van der Waals surface area contributed by atoms with Gasteiger partial charge in [-0.3, -0.25) is 9.89 Å². The van der Waals surface area contributed by atoms with Crippen LogP contribution in [0.4, 0.5) is 0 Å². The number of nitrogens with zero attached hydrogens (tertiary/aromatic N) is 2. The molecule has 0 bridgehead atoms. The summed E-state index contributed by atoms with van der Waals surface area (Å²) in [6, 6.07) is 2.30. The van der Waals surface area contributed by atoms with Gasteiger partial charge in [0, 0.05) is 24.8 Å². The minimum absolute atomic E-state index is 0. The lowest BCUT2D eigenvalue weighted by Crippen LogP contribution is -2.42. The third kappa shape index (κ3) is 4.21. The second-order valence-electron chi connectivity index (χ2n) is 4.95. The number of aromatic amines is 1. The largest absolute Gasteiger partial charge is 0.338 e. The van der Waals surface area contributed by atoms with E-state index < -0.39 is 0 Å². The molecular weight excluding hydrogens is 264 g/mol. The average Bonchev–Trinajstić information content (AvgIpc) is 2.97. The van der Waals surface area contributed by atoms with Gasteiger partial charge in [-0.25, -0.2) is 0 Å². The molecule has 1 unspecified atom stereocenters. The highest BCUT2D eigenvalue weighted by molar-refractivity contribution is 5.85. The van der Waals surface area contributed by atoms with Gasteiger partial charge in [0.05, 0.1) is 12.1 Å². The van der Waals surface area contributed by atoms with Crippen LogP contribution in [-0.4, -0.2) is 46.7 Å². The van der Waals surface area contributed by atoms with Crippen molar-refractivity contribution in [2.45, 2.75) is 39.2 Å². The monoisotopic (exact) mass is 286 g/mol. The summed E-state index contributed by atoms with van der Waals surface area (Å²) in [6.07, 6.45) is 2.47. The zero-order valence-corrected chi connectivity index (χ0v) is 12.4. The predicted molar refractivity (Wildman–Crippen MR) is 77.6 cm³/mol. The molecule has 0 aliphatic carbocycles. The zero-order valence-electron chi connectivity index (χ0n) is 11.6. The fraction of sp³-hybridized carbons (Fsp3) is 0.692. The highest BCUT2D eigenvalue weighted by Gasteiger charge is 2.26. The van der Waals surface area contributed by atoms with Gasteiger partial charge in [-0.15, -0.1) is 12.4 Å². The van der Waals surface area contributed by atoms with Crippen molar-refractivity contribution in [2.75, 3.05) is 19.6 Å². The van der Waals surface area contributed by atoms with Gasteiger partial charge >= 0.3 is 0 Å². The number of nitrogens with one attached hydrogen (secondary N) is 2. The Bertz CT molecular complexity index is 401. The van der Waals surface area contributed by atoms with Crippen molar-refractivity contribution in [1.29, 1.82) is 0 Å². The SMILES string of the molecule is CCCN(C(=O)Cc1cc(C)[nH]n1)C1CCNC1.Cl. The van der Waals surface area contributed by atoms with Gasteiger partial charge in [-0.05, 0) is 32.4 Å². The van der Waals surface area contributed by atoms with E-state index in [0.29, 0.717) is 12.5 Å². The molecule has 6 heteroatoms. The first kappa shape index (κ1) is 16.0. The van der Waals surface area contributed by atoms with Crippen molar-refractivity contribution in [1.82, 2.24) is 20.4 Å². The molecular formula is C13H23ClN4O. The molecule has 1 aliphatic heterocycles. The van der Waals surface area contributed by atoms with Gasteiger partial charge in [0.25, 0.3) is 0 Å². The van der Waals surface area contributed by atoms with Gasteiger partial charge in [0.1, 0.15) is 0 Å². The van der Waals surface area contributed by atoms with Crippen molar-refractivity contribution in [3.8, 4) is 0 Å². The van der Waals surface area contributed by atoms with Crippen molar-refractivity contribution in [3.63, 3.8) is 0 Å². The Morgan fingerprint density at radius 1 is 1.58 bits per heavy atom. The van der Waals surface area contributed by atoms with Crippen molar-refractivity contribution in [3.05, 3.63) is 17.5 Å². The molecule has 1 fully saturated rings. The van der Waals surface area contributed by atoms with E-state index in [1.807, 2.05) is 17.9 Å². The molecule has 1 aromatic heterocycles. The number of carbonyl (C=O) groups excluding carboxylic acids is 1. The van der Waals surface area contributed by atoms with E-state index in [1.165, 1.54) is 0 Å². The van der Waals surface area contributed by atoms with Crippen LogP contribution in [0.15, 0.2) is 6.07 Å². The lowest BCUT2D eigenvalue weighted by atomic mass is 10.1. The van der Waals surface area contributed by atoms with Gasteiger partial charge in [-0.2, -0.15) is 5.10 Å². The summed E-state index contributed by atoms with van der Waals surface area (Å²) in [4.78, 5) is 14.4. The summed E-state index contributed by atoms with van der Waals surface area (Å²) < 4.78 is 0. The Kier molecular flexibility index (Phi) is 6.31. The van der Waals surface area contributed by atoms with Crippen LogP contribution in [0.25, 0.3) is 0 Å². The molecule has 1 saturated heterocycles. The smallest absolute Gasteiger partial charge is 0.228 e. The Labute approximate surface area is 120 Å². The molecule has 0 radical (unpaired) electrons. The first-order chi connectivity index (χ1) is 8.70. The normalized spacial score (nSPS) is 18.1. The molecule has 1 aliphatic rings. The third-order valence-electron chi connectivity index (χ3n) is 3.35. The van der Waals surface area contributed by atoms with E-state index in [4.69, 9.17) is 0 Å². The maximum Gasteiger partial charge on any atom is 0.228 e. The van der Waals surface area contributed by atoms with Crippen LogP contribution in [0.3, 0.4) is 0 Å². The number of hydrogen-bond acceptors (Lipinski definition) is 3. The van der Waals surface area contributed by atoms with Crippen molar-refractivity contribution < 1.29 is 4.79 Å². The first-order valence-electron chi connectivity index (χ1n) is 6.71. The van der Waals surface area contributed by atoms with Gasteiger partial charge in [0.15, 0.2) is 0 Å². The number of H-pyrrole nitrogens is 1. The number of aromatic nitrogens is 2. The highest BCUT2D eigenvalue weighted by Crippen LogP contribution is 2.12. The van der Waals surface area contributed by atoms with E-state index >= 15 is 0 Å². The van der Waals surface area contributed by atoms with Crippen LogP contribution in [0.5, 0.6) is 0 Å². The van der Waals surface area contributed by atoms with E-state index in [9.17, 15) is 4.79 Å². The standard InChI is InChI=1S/C13H22N4O.ClH/c1-3-6-17(12-4-5-14-9-12)13(18)8-11-7-10(2)15-16-11;/h7,12,14H,3-6,8-9H2,1-2H3,(H,15,16);1H. The van der Waals surface area contributed by atoms with Crippen molar-refractivity contribution in [2.24, 2.45) is 0 Å².